The Morgan fingerprint density at radius 2 is 1.92 bits per heavy atom. The number of aryl methyl sites for hydroxylation is 1. The summed E-state index contributed by atoms with van der Waals surface area (Å²) >= 11 is 5.22. The van der Waals surface area contributed by atoms with Crippen molar-refractivity contribution in [2.75, 3.05) is 26.2 Å². The number of likely N-dealkylation sites (tertiary alicyclic amines) is 1. The predicted octanol–water partition coefficient (Wildman–Crippen LogP) is 2.81. The van der Waals surface area contributed by atoms with Crippen molar-refractivity contribution in [2.24, 2.45) is 4.99 Å². The third-order valence-corrected chi connectivity index (χ3v) is 4.91. The molecule has 0 amide bonds. The number of aromatic hydroxyl groups is 1. The van der Waals surface area contributed by atoms with Crippen molar-refractivity contribution in [3.05, 3.63) is 50.5 Å². The van der Waals surface area contributed by atoms with Gasteiger partial charge in [0.25, 0.3) is 5.56 Å². The quantitative estimate of drug-likeness (QED) is 0.625. The number of aromatic amines is 1. The molecule has 3 rings (SSSR count). The van der Waals surface area contributed by atoms with E-state index < -0.39 is 5.56 Å². The van der Waals surface area contributed by atoms with Crippen LogP contribution in [0.3, 0.4) is 0 Å². The maximum Gasteiger partial charge on any atom is 0.264 e. The Kier molecular flexibility index (Phi) is 6.00. The lowest BCUT2D eigenvalue weighted by molar-refractivity contribution is 0.235. The summed E-state index contributed by atoms with van der Waals surface area (Å²) in [6.07, 6.45) is 5.22. The summed E-state index contributed by atoms with van der Waals surface area (Å²) < 4.78 is 1.60. The summed E-state index contributed by atoms with van der Waals surface area (Å²) in [7, 11) is 0. The third kappa shape index (κ3) is 4.28. The lowest BCUT2D eigenvalue weighted by atomic mass is 10.1. The van der Waals surface area contributed by atoms with Gasteiger partial charge < -0.3 is 10.0 Å². The van der Waals surface area contributed by atoms with Gasteiger partial charge in [0, 0.05) is 12.8 Å². The van der Waals surface area contributed by atoms with Gasteiger partial charge in [0.2, 0.25) is 5.88 Å². The Labute approximate surface area is 157 Å². The zero-order chi connectivity index (χ0) is 18.5. The Bertz CT molecular complexity index is 893. The summed E-state index contributed by atoms with van der Waals surface area (Å²) in [6.45, 7) is 5.67. The van der Waals surface area contributed by atoms with E-state index in [2.05, 4.69) is 14.9 Å². The van der Waals surface area contributed by atoms with Gasteiger partial charge in [0.15, 0.2) is 4.77 Å². The van der Waals surface area contributed by atoms with Crippen molar-refractivity contribution < 1.29 is 5.11 Å². The van der Waals surface area contributed by atoms with Crippen LogP contribution in [0.2, 0.25) is 0 Å². The highest BCUT2D eigenvalue weighted by Crippen LogP contribution is 2.19. The minimum Gasteiger partial charge on any atom is -0.494 e. The number of nitrogens with zero attached hydrogens (tertiary/aromatic N) is 3. The largest absolute Gasteiger partial charge is 0.494 e. The number of aromatic nitrogens is 2. The van der Waals surface area contributed by atoms with Gasteiger partial charge in [-0.25, -0.2) is 0 Å². The molecule has 1 aliphatic heterocycles. The topological polar surface area (TPSA) is 73.6 Å². The fourth-order valence-electron chi connectivity index (χ4n) is 3.13. The van der Waals surface area contributed by atoms with E-state index >= 15 is 0 Å². The molecule has 0 unspecified atom stereocenters. The van der Waals surface area contributed by atoms with Crippen molar-refractivity contribution in [1.82, 2.24) is 14.5 Å². The molecule has 2 heterocycles. The summed E-state index contributed by atoms with van der Waals surface area (Å²) in [5.41, 5.74) is 1.48. The second-order valence-electron chi connectivity index (χ2n) is 6.61. The molecule has 1 saturated heterocycles. The average Bonchev–Trinajstić information content (AvgIpc) is 2.63. The van der Waals surface area contributed by atoms with E-state index in [-0.39, 0.29) is 16.2 Å². The van der Waals surface area contributed by atoms with Gasteiger partial charge in [-0.1, -0.05) is 24.1 Å². The van der Waals surface area contributed by atoms with Crippen LogP contribution >= 0.6 is 12.2 Å². The second-order valence-corrected chi connectivity index (χ2v) is 6.99. The molecule has 26 heavy (non-hydrogen) atoms. The predicted molar refractivity (Wildman–Crippen MR) is 106 cm³/mol. The van der Waals surface area contributed by atoms with Crippen molar-refractivity contribution in [3.63, 3.8) is 0 Å². The lowest BCUT2D eigenvalue weighted by Crippen LogP contribution is -2.31. The number of hydrogen-bond donors (Lipinski definition) is 2. The molecular weight excluding hydrogens is 348 g/mol. The van der Waals surface area contributed by atoms with E-state index in [1.54, 1.807) is 0 Å². The van der Waals surface area contributed by atoms with Gasteiger partial charge in [0.1, 0.15) is 5.56 Å². The first-order valence-electron chi connectivity index (χ1n) is 8.94. The van der Waals surface area contributed by atoms with Crippen LogP contribution in [0.1, 0.15) is 30.4 Å². The molecule has 2 N–H and O–H groups in total. The molecule has 1 aliphatic rings. The minimum absolute atomic E-state index is 0.123. The van der Waals surface area contributed by atoms with E-state index in [1.165, 1.54) is 30.0 Å². The highest BCUT2D eigenvalue weighted by molar-refractivity contribution is 7.71. The van der Waals surface area contributed by atoms with Crippen LogP contribution < -0.4 is 5.56 Å². The second kappa shape index (κ2) is 8.42. The summed E-state index contributed by atoms with van der Waals surface area (Å²) in [4.78, 5) is 21.5. The van der Waals surface area contributed by atoms with E-state index in [0.717, 1.165) is 25.2 Å². The summed E-state index contributed by atoms with van der Waals surface area (Å²) in [5, 5.41) is 10.6. The van der Waals surface area contributed by atoms with Crippen LogP contribution in [0.5, 0.6) is 5.88 Å². The number of rotatable bonds is 5. The fraction of sp³-hybridized carbons (Fsp3) is 0.421. The highest BCUT2D eigenvalue weighted by Gasteiger charge is 2.13. The average molecular weight is 372 g/mol. The van der Waals surface area contributed by atoms with Gasteiger partial charge in [-0.2, -0.15) is 0 Å². The number of aliphatic imine (C=N–C) groups is 1. The molecule has 7 heteroatoms. The normalized spacial score (nSPS) is 15.6. The first-order chi connectivity index (χ1) is 12.6. The van der Waals surface area contributed by atoms with E-state index in [9.17, 15) is 9.90 Å². The lowest BCUT2D eigenvalue weighted by Gasteiger charge is -2.25. The number of H-pyrrole nitrogens is 1. The summed E-state index contributed by atoms with van der Waals surface area (Å²) in [6, 6.07) is 7.54. The fourth-order valence-corrected chi connectivity index (χ4v) is 3.41. The number of hydrogen-bond acceptors (Lipinski definition) is 5. The van der Waals surface area contributed by atoms with Gasteiger partial charge in [-0.15, -0.1) is 0 Å². The monoisotopic (exact) mass is 372 g/mol. The van der Waals surface area contributed by atoms with Gasteiger partial charge >= 0.3 is 0 Å². The molecule has 0 radical (unpaired) electrons. The maximum absolute atomic E-state index is 12.2. The van der Waals surface area contributed by atoms with Crippen LogP contribution in [-0.4, -0.2) is 52.0 Å². The SMILES string of the molecule is Cc1ccc(-n2c(O)c(C=NCCN3CCCCC3)c(=O)[nH]c2=S)cc1. The molecule has 0 saturated carbocycles. The van der Waals surface area contributed by atoms with Crippen LogP contribution in [0.4, 0.5) is 0 Å². The zero-order valence-electron chi connectivity index (χ0n) is 14.9. The van der Waals surface area contributed by atoms with Gasteiger partial charge in [0.05, 0.1) is 12.2 Å². The molecule has 0 atom stereocenters. The van der Waals surface area contributed by atoms with Crippen molar-refractivity contribution in [2.45, 2.75) is 26.2 Å². The maximum atomic E-state index is 12.2. The van der Waals surface area contributed by atoms with Gasteiger partial charge in [-0.05, 0) is 57.2 Å². The molecule has 1 aromatic heterocycles. The molecule has 6 nitrogen and oxygen atoms in total. The molecule has 138 valence electrons. The smallest absolute Gasteiger partial charge is 0.264 e. The van der Waals surface area contributed by atoms with Crippen molar-refractivity contribution in [1.29, 1.82) is 0 Å². The third-order valence-electron chi connectivity index (χ3n) is 4.63. The summed E-state index contributed by atoms with van der Waals surface area (Å²) in [5.74, 6) is -0.190. The minimum atomic E-state index is -0.433. The number of benzene rings is 1. The molecule has 1 fully saturated rings. The van der Waals surface area contributed by atoms with Crippen molar-refractivity contribution in [3.8, 4) is 11.6 Å². The van der Waals surface area contributed by atoms with Crippen LogP contribution in [0, 0.1) is 11.7 Å². The Morgan fingerprint density at radius 3 is 2.62 bits per heavy atom. The Morgan fingerprint density at radius 1 is 1.23 bits per heavy atom. The van der Waals surface area contributed by atoms with Crippen LogP contribution in [-0.2, 0) is 0 Å². The van der Waals surface area contributed by atoms with E-state index in [4.69, 9.17) is 12.2 Å². The van der Waals surface area contributed by atoms with E-state index in [1.807, 2.05) is 31.2 Å². The van der Waals surface area contributed by atoms with E-state index in [0.29, 0.717) is 12.2 Å². The Hall–Kier alpha value is -2.25. The van der Waals surface area contributed by atoms with Crippen LogP contribution in [0.25, 0.3) is 5.69 Å². The molecular formula is C19H24N4O2S. The zero-order valence-corrected chi connectivity index (χ0v) is 15.8. The standard InChI is InChI=1S/C19H24N4O2S/c1-14-5-7-15(8-6-14)23-18(25)16(17(24)21-19(23)26)13-20-9-12-22-10-3-2-4-11-22/h5-8,13,25H,2-4,9-12H2,1H3,(H,21,24,26). The molecule has 0 bridgehead atoms. The molecule has 2 aromatic rings. The highest BCUT2D eigenvalue weighted by atomic mass is 32.1. The molecule has 0 aliphatic carbocycles. The first-order valence-corrected chi connectivity index (χ1v) is 9.34. The van der Waals surface area contributed by atoms with Gasteiger partial charge in [-0.3, -0.25) is 19.3 Å². The van der Waals surface area contributed by atoms with Crippen LogP contribution in [0.15, 0.2) is 34.1 Å². The number of nitrogens with one attached hydrogen (secondary N) is 1. The Balaban J connectivity index is 1.81. The first kappa shape index (κ1) is 18.5. The number of piperidine rings is 1. The molecule has 1 aromatic carbocycles. The molecule has 0 spiro atoms. The van der Waals surface area contributed by atoms with Crippen molar-refractivity contribution >= 4 is 18.4 Å².